The Hall–Kier alpha value is -3.74. The molecule has 7 heteroatoms. The van der Waals surface area contributed by atoms with Crippen molar-refractivity contribution in [2.75, 3.05) is 20.8 Å². The topological polar surface area (TPSA) is 65.4 Å². The predicted octanol–water partition coefficient (Wildman–Crippen LogP) is 4.74. The zero-order chi connectivity index (χ0) is 22.1. The molecule has 0 saturated carbocycles. The monoisotopic (exact) mass is 431 g/mol. The van der Waals surface area contributed by atoms with Crippen LogP contribution in [0, 0.1) is 0 Å². The number of hydrogen-bond donors (Lipinski definition) is 0. The third kappa shape index (κ3) is 3.39. The quantitative estimate of drug-likeness (QED) is 0.562. The van der Waals surface area contributed by atoms with Gasteiger partial charge in [-0.15, -0.1) is 0 Å². The van der Waals surface area contributed by atoms with Gasteiger partial charge in [-0.25, -0.2) is 5.01 Å². The maximum Gasteiger partial charge on any atom is 0.214 e. The normalized spacial score (nSPS) is 18.8. The Labute approximate surface area is 187 Å². The Morgan fingerprint density at radius 2 is 1.91 bits per heavy atom. The van der Waals surface area contributed by atoms with Gasteiger partial charge in [-0.2, -0.15) is 5.10 Å². The summed E-state index contributed by atoms with van der Waals surface area (Å²) < 4.78 is 23.4. The molecule has 164 valence electrons. The van der Waals surface area contributed by atoms with E-state index in [1.54, 1.807) is 20.4 Å². The average Bonchev–Trinajstić information content (AvgIpc) is 3.30. The van der Waals surface area contributed by atoms with Crippen molar-refractivity contribution < 1.29 is 18.9 Å². The van der Waals surface area contributed by atoms with Crippen molar-refractivity contribution in [1.82, 2.24) is 9.99 Å². The van der Waals surface area contributed by atoms with E-state index in [-0.39, 0.29) is 6.04 Å². The van der Waals surface area contributed by atoms with Crippen LogP contribution in [0.5, 0.6) is 23.0 Å². The van der Waals surface area contributed by atoms with Crippen LogP contribution in [0.1, 0.15) is 42.3 Å². The molecule has 32 heavy (non-hydrogen) atoms. The fraction of sp³-hybridized carbons (Fsp3) is 0.280. The fourth-order valence-corrected chi connectivity index (χ4v) is 4.29. The van der Waals surface area contributed by atoms with Gasteiger partial charge in [0.2, 0.25) is 6.23 Å². The van der Waals surface area contributed by atoms with Crippen molar-refractivity contribution >= 4 is 5.71 Å². The number of hydrazone groups is 1. The van der Waals surface area contributed by atoms with Gasteiger partial charge in [-0.3, -0.25) is 4.98 Å². The smallest absolute Gasteiger partial charge is 0.214 e. The summed E-state index contributed by atoms with van der Waals surface area (Å²) in [7, 11) is 3.25. The minimum absolute atomic E-state index is 0.0208. The van der Waals surface area contributed by atoms with Gasteiger partial charge in [0.25, 0.3) is 0 Å². The van der Waals surface area contributed by atoms with Gasteiger partial charge in [0.05, 0.1) is 32.6 Å². The molecular formula is C25H25N3O4. The zero-order valence-electron chi connectivity index (χ0n) is 18.3. The number of benzene rings is 2. The summed E-state index contributed by atoms with van der Waals surface area (Å²) in [6.07, 6.45) is 3.93. The van der Waals surface area contributed by atoms with E-state index < -0.39 is 6.23 Å². The van der Waals surface area contributed by atoms with Gasteiger partial charge in [0, 0.05) is 35.5 Å². The summed E-state index contributed by atoms with van der Waals surface area (Å²) in [6, 6.07) is 15.8. The van der Waals surface area contributed by atoms with Crippen LogP contribution in [0.4, 0.5) is 0 Å². The number of nitrogens with zero attached hydrogens (tertiary/aromatic N) is 3. The van der Waals surface area contributed by atoms with Crippen LogP contribution < -0.4 is 18.9 Å². The standard InChI is InChI=1S/C25H25N3O4/c1-4-31-22-9-5-8-18-20-14-19(17-7-6-12-26-15-17)27-28(20)25(32-24(18)22)16-10-11-21(29-2)23(13-16)30-3/h5-13,15,20,25H,4,14H2,1-3H3/t20-,25+/m1/s1. The Bertz CT molecular complexity index is 1150. The largest absolute Gasteiger partial charge is 0.493 e. The molecule has 3 aromatic rings. The summed E-state index contributed by atoms with van der Waals surface area (Å²) >= 11 is 0. The van der Waals surface area contributed by atoms with Gasteiger partial charge in [-0.05, 0) is 37.3 Å². The summed E-state index contributed by atoms with van der Waals surface area (Å²) in [6.45, 7) is 2.53. The lowest BCUT2D eigenvalue weighted by molar-refractivity contribution is -0.0213. The molecule has 2 atom stereocenters. The van der Waals surface area contributed by atoms with E-state index in [0.717, 1.165) is 40.3 Å². The first-order chi connectivity index (χ1) is 15.7. The number of ether oxygens (including phenoxy) is 4. The molecule has 2 aromatic carbocycles. The van der Waals surface area contributed by atoms with Crippen LogP contribution in [0.2, 0.25) is 0 Å². The van der Waals surface area contributed by atoms with Gasteiger partial charge < -0.3 is 18.9 Å². The predicted molar refractivity (Wildman–Crippen MR) is 120 cm³/mol. The van der Waals surface area contributed by atoms with E-state index in [9.17, 15) is 0 Å². The number of para-hydroxylation sites is 1. The number of aromatic nitrogens is 1. The lowest BCUT2D eigenvalue weighted by Gasteiger charge is -2.38. The highest BCUT2D eigenvalue weighted by molar-refractivity contribution is 6.01. The maximum atomic E-state index is 6.55. The Kier molecular flexibility index (Phi) is 5.31. The molecule has 3 heterocycles. The summed E-state index contributed by atoms with van der Waals surface area (Å²) in [5.41, 5.74) is 3.97. The number of hydrogen-bond acceptors (Lipinski definition) is 7. The first-order valence-corrected chi connectivity index (χ1v) is 10.6. The first kappa shape index (κ1) is 20.2. The molecule has 0 amide bonds. The Morgan fingerprint density at radius 1 is 1.03 bits per heavy atom. The molecule has 1 aromatic heterocycles. The van der Waals surface area contributed by atoms with Crippen LogP contribution in [0.25, 0.3) is 0 Å². The van der Waals surface area contributed by atoms with E-state index in [2.05, 4.69) is 11.1 Å². The SMILES string of the molecule is CCOc1cccc2c1O[C@@H](c1ccc(OC)c(OC)c1)N1N=C(c3cccnc3)C[C@H]21. The lowest BCUT2D eigenvalue weighted by Crippen LogP contribution is -2.34. The van der Waals surface area contributed by atoms with Crippen molar-refractivity contribution in [1.29, 1.82) is 0 Å². The van der Waals surface area contributed by atoms with Crippen molar-refractivity contribution in [3.05, 3.63) is 77.6 Å². The van der Waals surface area contributed by atoms with Crippen LogP contribution in [-0.4, -0.2) is 36.5 Å². The van der Waals surface area contributed by atoms with Crippen molar-refractivity contribution in [3.8, 4) is 23.0 Å². The van der Waals surface area contributed by atoms with Gasteiger partial charge in [0.15, 0.2) is 23.0 Å². The number of rotatable bonds is 6. The molecule has 5 rings (SSSR count). The van der Waals surface area contributed by atoms with Crippen LogP contribution >= 0.6 is 0 Å². The minimum Gasteiger partial charge on any atom is -0.493 e. The van der Waals surface area contributed by atoms with E-state index >= 15 is 0 Å². The number of methoxy groups -OCH3 is 2. The van der Waals surface area contributed by atoms with Gasteiger partial charge in [-0.1, -0.05) is 18.2 Å². The molecule has 2 aliphatic heterocycles. The van der Waals surface area contributed by atoms with E-state index in [0.29, 0.717) is 18.1 Å². The zero-order valence-corrected chi connectivity index (χ0v) is 18.3. The average molecular weight is 431 g/mol. The molecule has 0 radical (unpaired) electrons. The van der Waals surface area contributed by atoms with Crippen LogP contribution in [-0.2, 0) is 0 Å². The minimum atomic E-state index is -0.442. The Balaban J connectivity index is 1.62. The van der Waals surface area contributed by atoms with Crippen LogP contribution in [0.15, 0.2) is 66.0 Å². The molecular weight excluding hydrogens is 406 g/mol. The maximum absolute atomic E-state index is 6.55. The molecule has 0 bridgehead atoms. The lowest BCUT2D eigenvalue weighted by atomic mass is 9.96. The summed E-state index contributed by atoms with van der Waals surface area (Å²) in [5, 5.41) is 7.01. The highest BCUT2D eigenvalue weighted by Crippen LogP contribution is 2.51. The highest BCUT2D eigenvalue weighted by Gasteiger charge is 2.42. The fourth-order valence-electron chi connectivity index (χ4n) is 4.29. The second-order valence-electron chi connectivity index (χ2n) is 7.58. The van der Waals surface area contributed by atoms with Gasteiger partial charge >= 0.3 is 0 Å². The van der Waals surface area contributed by atoms with Crippen molar-refractivity contribution in [2.45, 2.75) is 25.6 Å². The van der Waals surface area contributed by atoms with E-state index in [1.165, 1.54) is 0 Å². The molecule has 0 N–H and O–H groups in total. The molecule has 0 aliphatic carbocycles. The van der Waals surface area contributed by atoms with E-state index in [4.69, 9.17) is 24.0 Å². The molecule has 0 spiro atoms. The van der Waals surface area contributed by atoms with Crippen LogP contribution in [0.3, 0.4) is 0 Å². The van der Waals surface area contributed by atoms with Gasteiger partial charge in [0.1, 0.15) is 0 Å². The molecule has 0 fully saturated rings. The third-order valence-corrected chi connectivity index (χ3v) is 5.77. The second kappa shape index (κ2) is 8.42. The van der Waals surface area contributed by atoms with Crippen molar-refractivity contribution in [2.24, 2.45) is 5.10 Å². The van der Waals surface area contributed by atoms with Crippen molar-refractivity contribution in [3.63, 3.8) is 0 Å². The molecule has 0 saturated heterocycles. The molecule has 7 nitrogen and oxygen atoms in total. The highest BCUT2D eigenvalue weighted by atomic mass is 16.5. The summed E-state index contributed by atoms with van der Waals surface area (Å²) in [5.74, 6) is 2.81. The first-order valence-electron chi connectivity index (χ1n) is 10.6. The molecule has 2 aliphatic rings. The second-order valence-corrected chi connectivity index (χ2v) is 7.58. The van der Waals surface area contributed by atoms with E-state index in [1.807, 2.05) is 60.6 Å². The molecule has 0 unspecified atom stereocenters. The summed E-state index contributed by atoms with van der Waals surface area (Å²) in [4.78, 5) is 4.27. The third-order valence-electron chi connectivity index (χ3n) is 5.77. The number of fused-ring (bicyclic) bond motifs is 3. The number of pyridine rings is 1. The Morgan fingerprint density at radius 3 is 2.66 bits per heavy atom.